The number of nitrogens with zero attached hydrogens (tertiary/aromatic N) is 2. The van der Waals surface area contributed by atoms with Crippen molar-refractivity contribution in [1.29, 1.82) is 0 Å². The van der Waals surface area contributed by atoms with Crippen LogP contribution in [0.1, 0.15) is 44.4 Å². The zero-order valence-corrected chi connectivity index (χ0v) is 20.5. The number of fused-ring (bicyclic) bond motifs is 1. The number of hydrogen-bond donors (Lipinski definition) is 0. The molecule has 37 heavy (non-hydrogen) atoms. The van der Waals surface area contributed by atoms with Gasteiger partial charge in [-0.25, -0.2) is 13.2 Å². The van der Waals surface area contributed by atoms with Crippen LogP contribution in [0.3, 0.4) is 0 Å². The number of nitro groups is 1. The lowest BCUT2D eigenvalue weighted by molar-refractivity contribution is -0.385. The molecule has 0 radical (unpaired) electrons. The number of hydrogen-bond acceptors (Lipinski definition) is 8. The predicted molar refractivity (Wildman–Crippen MR) is 133 cm³/mol. The maximum atomic E-state index is 13.6. The Morgan fingerprint density at radius 3 is 2.00 bits per heavy atom. The van der Waals surface area contributed by atoms with Crippen LogP contribution in [0.2, 0.25) is 0 Å². The number of ether oxygens (including phenoxy) is 1. The summed E-state index contributed by atoms with van der Waals surface area (Å²) in [6, 6.07) is 19.5. The van der Waals surface area contributed by atoms with Crippen molar-refractivity contribution in [2.45, 2.75) is 18.6 Å². The quantitative estimate of drug-likeness (QED) is 0.180. The highest BCUT2D eigenvalue weighted by Crippen LogP contribution is 2.34. The Kier molecular flexibility index (Phi) is 7.16. The molecule has 0 unspecified atom stereocenters. The van der Waals surface area contributed by atoms with Crippen molar-refractivity contribution in [2.24, 2.45) is 0 Å². The van der Waals surface area contributed by atoms with Gasteiger partial charge in [0, 0.05) is 12.3 Å². The lowest BCUT2D eigenvalue weighted by Gasteiger charge is -2.27. The number of nitro benzene ring substituents is 1. The molecular weight excluding hydrogens is 500 g/mol. The van der Waals surface area contributed by atoms with Crippen LogP contribution in [0.5, 0.6) is 0 Å². The van der Waals surface area contributed by atoms with Gasteiger partial charge in [-0.3, -0.25) is 24.6 Å². The van der Waals surface area contributed by atoms with Gasteiger partial charge in [-0.05, 0) is 23.6 Å². The fourth-order valence-corrected chi connectivity index (χ4v) is 4.83. The van der Waals surface area contributed by atoms with Gasteiger partial charge >= 0.3 is 5.97 Å². The van der Waals surface area contributed by atoms with Gasteiger partial charge in [0.2, 0.25) is 0 Å². The van der Waals surface area contributed by atoms with E-state index in [9.17, 15) is 32.9 Å². The molecule has 11 heteroatoms. The average molecular weight is 523 g/mol. The van der Waals surface area contributed by atoms with Crippen LogP contribution in [-0.2, 0) is 19.4 Å². The van der Waals surface area contributed by atoms with Crippen molar-refractivity contribution in [3.63, 3.8) is 0 Å². The maximum absolute atomic E-state index is 13.6. The molecule has 1 aliphatic heterocycles. The van der Waals surface area contributed by atoms with Crippen LogP contribution in [0, 0.1) is 10.1 Å². The van der Waals surface area contributed by atoms with Crippen molar-refractivity contribution in [3.8, 4) is 0 Å². The van der Waals surface area contributed by atoms with Gasteiger partial charge < -0.3 is 4.74 Å². The third kappa shape index (κ3) is 5.41. The number of imide groups is 1. The van der Waals surface area contributed by atoms with Gasteiger partial charge in [-0.2, -0.15) is 0 Å². The molecule has 2 amide bonds. The molecule has 0 bridgehead atoms. The van der Waals surface area contributed by atoms with Crippen LogP contribution in [0.15, 0.2) is 78.9 Å². The SMILES string of the molecule is CS(=O)(=O)CC[C@H](C(=O)OC(c1ccccc1)c1ccccc1)N1C(=O)c2cccc([N+](=O)[O-])c2C1=O. The zero-order chi connectivity index (χ0) is 26.7. The zero-order valence-electron chi connectivity index (χ0n) is 19.6. The van der Waals surface area contributed by atoms with Gasteiger partial charge in [0.25, 0.3) is 17.5 Å². The Morgan fingerprint density at radius 1 is 0.919 bits per heavy atom. The van der Waals surface area contributed by atoms with Gasteiger partial charge in [0.1, 0.15) is 21.4 Å². The largest absolute Gasteiger partial charge is 0.451 e. The molecule has 0 spiro atoms. The molecule has 0 saturated carbocycles. The first-order chi connectivity index (χ1) is 17.6. The molecule has 0 fully saturated rings. The van der Waals surface area contributed by atoms with Gasteiger partial charge in [-0.1, -0.05) is 66.7 Å². The van der Waals surface area contributed by atoms with Crippen molar-refractivity contribution < 1.29 is 32.5 Å². The summed E-state index contributed by atoms with van der Waals surface area (Å²) in [7, 11) is -3.60. The molecule has 190 valence electrons. The van der Waals surface area contributed by atoms with E-state index in [1.807, 2.05) is 0 Å². The first kappa shape index (κ1) is 25.7. The smallest absolute Gasteiger partial charge is 0.330 e. The summed E-state index contributed by atoms with van der Waals surface area (Å²) in [5.41, 5.74) is -0.0415. The number of carbonyl (C=O) groups is 3. The molecule has 0 N–H and O–H groups in total. The fraction of sp³-hybridized carbons (Fsp3) is 0.192. The summed E-state index contributed by atoms with van der Waals surface area (Å²) in [4.78, 5) is 51.3. The van der Waals surface area contributed by atoms with E-state index in [4.69, 9.17) is 4.74 Å². The van der Waals surface area contributed by atoms with Gasteiger partial charge in [0.15, 0.2) is 6.10 Å². The molecule has 0 aliphatic carbocycles. The highest BCUT2D eigenvalue weighted by atomic mass is 32.2. The number of amides is 2. The minimum absolute atomic E-state index is 0.237. The molecule has 3 aromatic rings. The molecule has 4 rings (SSSR count). The average Bonchev–Trinajstić information content (AvgIpc) is 3.13. The number of rotatable bonds is 9. The van der Waals surface area contributed by atoms with Gasteiger partial charge in [0.05, 0.1) is 16.2 Å². The number of carbonyl (C=O) groups excluding carboxylic acids is 3. The lowest BCUT2D eigenvalue weighted by atomic mass is 10.0. The van der Waals surface area contributed by atoms with Crippen LogP contribution in [0.4, 0.5) is 5.69 Å². The van der Waals surface area contributed by atoms with Crippen LogP contribution < -0.4 is 0 Å². The summed E-state index contributed by atoms with van der Waals surface area (Å²) in [6.45, 7) is 0. The van der Waals surface area contributed by atoms with E-state index in [1.54, 1.807) is 60.7 Å². The van der Waals surface area contributed by atoms with Crippen LogP contribution >= 0.6 is 0 Å². The van der Waals surface area contributed by atoms with E-state index < -0.39 is 68.1 Å². The second-order valence-electron chi connectivity index (χ2n) is 8.51. The third-order valence-corrected chi connectivity index (χ3v) is 6.88. The normalized spacial score (nSPS) is 13.9. The molecule has 0 saturated heterocycles. The second-order valence-corrected chi connectivity index (χ2v) is 10.8. The standard InChI is InChI=1S/C26H22N2O8S/c1-37(34,35)16-15-21(27-24(29)19-13-8-14-20(28(32)33)22(19)25(27)30)26(31)36-23(17-9-4-2-5-10-17)18-11-6-3-7-12-18/h2-14,21,23H,15-16H2,1H3/t21-/m1/s1. The molecule has 0 aromatic heterocycles. The first-order valence-corrected chi connectivity index (χ1v) is 13.3. The van der Waals surface area contributed by atoms with Crippen molar-refractivity contribution in [2.75, 3.05) is 12.0 Å². The van der Waals surface area contributed by atoms with Crippen LogP contribution in [-0.4, -0.2) is 54.1 Å². The number of esters is 1. The summed E-state index contributed by atoms with van der Waals surface area (Å²) in [5, 5.41) is 11.5. The van der Waals surface area contributed by atoms with E-state index in [2.05, 4.69) is 0 Å². The second kappa shape index (κ2) is 10.3. The number of sulfone groups is 1. The Hall–Kier alpha value is -4.38. The summed E-state index contributed by atoms with van der Waals surface area (Å²) >= 11 is 0. The van der Waals surface area contributed by atoms with Crippen molar-refractivity contribution in [1.82, 2.24) is 4.90 Å². The van der Waals surface area contributed by atoms with E-state index in [0.717, 1.165) is 12.3 Å². The summed E-state index contributed by atoms with van der Waals surface area (Å²) in [6.07, 6.45) is -0.396. The Labute approximate surface area is 212 Å². The first-order valence-electron chi connectivity index (χ1n) is 11.2. The maximum Gasteiger partial charge on any atom is 0.330 e. The topological polar surface area (TPSA) is 141 Å². The van der Waals surface area contributed by atoms with E-state index in [-0.39, 0.29) is 5.56 Å². The van der Waals surface area contributed by atoms with E-state index in [1.165, 1.54) is 12.1 Å². The Balaban J connectivity index is 1.74. The minimum Gasteiger partial charge on any atom is -0.451 e. The van der Waals surface area contributed by atoms with Crippen molar-refractivity contribution in [3.05, 3.63) is 111 Å². The van der Waals surface area contributed by atoms with E-state index in [0.29, 0.717) is 16.0 Å². The van der Waals surface area contributed by atoms with Crippen LogP contribution in [0.25, 0.3) is 0 Å². The Morgan fingerprint density at radius 2 is 1.49 bits per heavy atom. The number of benzene rings is 3. The minimum atomic E-state index is -3.60. The highest BCUT2D eigenvalue weighted by Gasteiger charge is 2.47. The fourth-order valence-electron chi connectivity index (χ4n) is 4.18. The van der Waals surface area contributed by atoms with E-state index >= 15 is 0 Å². The summed E-state index contributed by atoms with van der Waals surface area (Å²) < 4.78 is 29.7. The lowest BCUT2D eigenvalue weighted by Crippen LogP contribution is -2.47. The predicted octanol–water partition coefficient (Wildman–Crippen LogP) is 3.33. The molecule has 1 atom stereocenters. The molecule has 1 aliphatic rings. The highest BCUT2D eigenvalue weighted by molar-refractivity contribution is 7.90. The Bertz CT molecular complexity index is 1430. The summed E-state index contributed by atoms with van der Waals surface area (Å²) in [5.74, 6) is -3.53. The molecule has 1 heterocycles. The van der Waals surface area contributed by atoms with Gasteiger partial charge in [-0.15, -0.1) is 0 Å². The van der Waals surface area contributed by atoms with Crippen molar-refractivity contribution >= 4 is 33.3 Å². The monoisotopic (exact) mass is 522 g/mol. The third-order valence-electron chi connectivity index (χ3n) is 5.91. The molecule has 3 aromatic carbocycles. The molecule has 10 nitrogen and oxygen atoms in total. The molecular formula is C26H22N2O8S.